The number of aliphatic hydroxyl groups is 1. The van der Waals surface area contributed by atoms with Crippen LogP contribution in [0, 0.1) is 0 Å². The van der Waals surface area contributed by atoms with Crippen LogP contribution in [0.2, 0.25) is 0 Å². The summed E-state index contributed by atoms with van der Waals surface area (Å²) in [5, 5.41) is 20.9. The zero-order chi connectivity index (χ0) is 14.5. The van der Waals surface area contributed by atoms with E-state index in [1.807, 2.05) is 12.1 Å². The number of hydrogen-bond acceptors (Lipinski definition) is 5. The molecule has 0 unspecified atom stereocenters. The van der Waals surface area contributed by atoms with Crippen molar-refractivity contribution in [2.45, 2.75) is 25.4 Å². The number of benzene rings is 1. The average molecular weight is 279 g/mol. The summed E-state index contributed by atoms with van der Waals surface area (Å²) in [4.78, 5) is 2.26. The Hall–Kier alpha value is -1.79. The highest BCUT2D eigenvalue weighted by Gasteiger charge is 2.28. The molecule has 0 heterocycles. The van der Waals surface area contributed by atoms with E-state index in [1.54, 1.807) is 13.2 Å². The second-order valence-corrected chi connectivity index (χ2v) is 4.95. The second kappa shape index (κ2) is 6.58. The quantitative estimate of drug-likeness (QED) is 0.296. The summed E-state index contributed by atoms with van der Waals surface area (Å²) in [7, 11) is 1.56. The van der Waals surface area contributed by atoms with Crippen molar-refractivity contribution in [1.29, 1.82) is 0 Å². The van der Waals surface area contributed by atoms with Gasteiger partial charge >= 0.3 is 0 Å². The van der Waals surface area contributed by atoms with E-state index in [9.17, 15) is 0 Å². The first-order valence-electron chi connectivity index (χ1n) is 6.69. The van der Waals surface area contributed by atoms with Gasteiger partial charge in [-0.3, -0.25) is 4.90 Å². The van der Waals surface area contributed by atoms with Crippen LogP contribution in [0.15, 0.2) is 23.4 Å². The van der Waals surface area contributed by atoms with Gasteiger partial charge in [0, 0.05) is 19.1 Å². The zero-order valence-electron chi connectivity index (χ0n) is 11.6. The van der Waals surface area contributed by atoms with Crippen LogP contribution in [0.1, 0.15) is 24.0 Å². The molecule has 0 amide bonds. The maximum Gasteiger partial charge on any atom is 0.173 e. The van der Waals surface area contributed by atoms with Crippen molar-refractivity contribution in [3.63, 3.8) is 0 Å². The molecule has 6 nitrogen and oxygen atoms in total. The highest BCUT2D eigenvalue weighted by atomic mass is 16.5. The number of rotatable bonds is 7. The van der Waals surface area contributed by atoms with Crippen LogP contribution in [-0.4, -0.2) is 47.4 Å². The van der Waals surface area contributed by atoms with Crippen LogP contribution in [-0.2, 0) is 6.54 Å². The average Bonchev–Trinajstić information content (AvgIpc) is 3.30. The van der Waals surface area contributed by atoms with Gasteiger partial charge in [0.05, 0.1) is 19.3 Å². The number of methoxy groups -OCH3 is 1. The SMILES string of the molecule is COc1cc(CN(CCO)C2CC2)ccc1/C(N)=N/O. The number of ether oxygens (including phenoxy) is 1. The molecule has 20 heavy (non-hydrogen) atoms. The van der Waals surface area contributed by atoms with Crippen LogP contribution in [0.25, 0.3) is 0 Å². The summed E-state index contributed by atoms with van der Waals surface area (Å²) in [6, 6.07) is 6.19. The molecule has 110 valence electrons. The van der Waals surface area contributed by atoms with Crippen molar-refractivity contribution in [3.8, 4) is 5.75 Å². The van der Waals surface area contributed by atoms with Crippen LogP contribution < -0.4 is 10.5 Å². The summed E-state index contributed by atoms with van der Waals surface area (Å²) in [6.45, 7) is 1.60. The molecule has 0 aliphatic heterocycles. The molecule has 1 aromatic carbocycles. The Kier molecular flexibility index (Phi) is 4.81. The van der Waals surface area contributed by atoms with Crippen molar-refractivity contribution in [3.05, 3.63) is 29.3 Å². The maximum absolute atomic E-state index is 9.11. The van der Waals surface area contributed by atoms with Gasteiger partial charge in [-0.1, -0.05) is 11.2 Å². The van der Waals surface area contributed by atoms with E-state index in [0.717, 1.165) is 12.1 Å². The van der Waals surface area contributed by atoms with Gasteiger partial charge in [0.15, 0.2) is 5.84 Å². The van der Waals surface area contributed by atoms with Gasteiger partial charge in [-0.25, -0.2) is 0 Å². The Bertz CT molecular complexity index is 487. The highest BCUT2D eigenvalue weighted by Crippen LogP contribution is 2.29. The van der Waals surface area contributed by atoms with Crippen molar-refractivity contribution in [2.24, 2.45) is 10.9 Å². The number of nitrogens with two attached hydrogens (primary N) is 1. The summed E-state index contributed by atoms with van der Waals surface area (Å²) < 4.78 is 5.29. The first kappa shape index (κ1) is 14.6. The van der Waals surface area contributed by atoms with Crippen LogP contribution in [0.5, 0.6) is 5.75 Å². The molecule has 1 aliphatic carbocycles. The molecule has 6 heteroatoms. The molecular formula is C14H21N3O3. The van der Waals surface area contributed by atoms with Gasteiger partial charge < -0.3 is 20.8 Å². The third-order valence-electron chi connectivity index (χ3n) is 3.49. The van der Waals surface area contributed by atoms with Crippen LogP contribution >= 0.6 is 0 Å². The molecule has 4 N–H and O–H groups in total. The number of oxime groups is 1. The summed E-state index contributed by atoms with van der Waals surface area (Å²) >= 11 is 0. The lowest BCUT2D eigenvalue weighted by molar-refractivity contribution is 0.183. The number of hydrogen-bond donors (Lipinski definition) is 3. The molecule has 0 spiro atoms. The van der Waals surface area contributed by atoms with Gasteiger partial charge in [0.1, 0.15) is 5.75 Å². The molecular weight excluding hydrogens is 258 g/mol. The Balaban J connectivity index is 2.16. The largest absolute Gasteiger partial charge is 0.496 e. The Morgan fingerprint density at radius 3 is 2.80 bits per heavy atom. The fraction of sp³-hybridized carbons (Fsp3) is 0.500. The van der Waals surface area contributed by atoms with Gasteiger partial charge in [0.2, 0.25) is 0 Å². The van der Waals surface area contributed by atoms with Crippen molar-refractivity contribution in [2.75, 3.05) is 20.3 Å². The number of amidine groups is 1. The lowest BCUT2D eigenvalue weighted by Crippen LogP contribution is -2.28. The lowest BCUT2D eigenvalue weighted by atomic mass is 10.1. The molecule has 0 radical (unpaired) electrons. The zero-order valence-corrected chi connectivity index (χ0v) is 11.6. The molecule has 0 bridgehead atoms. The maximum atomic E-state index is 9.11. The van der Waals surface area contributed by atoms with E-state index >= 15 is 0 Å². The number of nitrogens with zero attached hydrogens (tertiary/aromatic N) is 2. The predicted molar refractivity (Wildman–Crippen MR) is 76.0 cm³/mol. The standard InChI is InChI=1S/C14H21N3O3/c1-20-13-8-10(2-5-12(13)14(15)16-19)9-17(6-7-18)11-3-4-11/h2,5,8,11,18-19H,3-4,6-7,9H2,1H3,(H2,15,16). The first-order chi connectivity index (χ1) is 9.69. The molecule has 1 aliphatic rings. The molecule has 0 aromatic heterocycles. The third-order valence-corrected chi connectivity index (χ3v) is 3.49. The van der Waals surface area contributed by atoms with Crippen molar-refractivity contribution in [1.82, 2.24) is 4.90 Å². The second-order valence-electron chi connectivity index (χ2n) is 4.95. The van der Waals surface area contributed by atoms with Gasteiger partial charge in [0.25, 0.3) is 0 Å². The Morgan fingerprint density at radius 1 is 1.50 bits per heavy atom. The van der Waals surface area contributed by atoms with Crippen molar-refractivity contribution < 1.29 is 15.1 Å². The minimum Gasteiger partial charge on any atom is -0.496 e. The van der Waals surface area contributed by atoms with Crippen LogP contribution in [0.3, 0.4) is 0 Å². The topological polar surface area (TPSA) is 91.3 Å². The van der Waals surface area contributed by atoms with E-state index in [2.05, 4.69) is 10.1 Å². The first-order valence-corrected chi connectivity index (χ1v) is 6.69. The fourth-order valence-corrected chi connectivity index (χ4v) is 2.29. The van der Waals surface area contributed by atoms with E-state index in [0.29, 0.717) is 23.9 Å². The Morgan fingerprint density at radius 2 is 2.25 bits per heavy atom. The third kappa shape index (κ3) is 3.40. The van der Waals surface area contributed by atoms with E-state index in [4.69, 9.17) is 20.8 Å². The summed E-state index contributed by atoms with van der Waals surface area (Å²) in [6.07, 6.45) is 2.39. The lowest BCUT2D eigenvalue weighted by Gasteiger charge is -2.21. The predicted octanol–water partition coefficient (Wildman–Crippen LogP) is 0.746. The highest BCUT2D eigenvalue weighted by molar-refractivity contribution is 5.99. The van der Waals surface area contributed by atoms with Crippen LogP contribution in [0.4, 0.5) is 0 Å². The Labute approximate surface area is 118 Å². The minimum absolute atomic E-state index is 0.0304. The number of aliphatic hydroxyl groups excluding tert-OH is 1. The minimum atomic E-state index is 0.0304. The normalized spacial score (nSPS) is 15.7. The van der Waals surface area contributed by atoms with Gasteiger partial charge in [-0.15, -0.1) is 0 Å². The molecule has 1 saturated carbocycles. The van der Waals surface area contributed by atoms with E-state index in [-0.39, 0.29) is 12.4 Å². The fourth-order valence-electron chi connectivity index (χ4n) is 2.29. The summed E-state index contributed by atoms with van der Waals surface area (Å²) in [5.41, 5.74) is 7.25. The van der Waals surface area contributed by atoms with Gasteiger partial charge in [-0.05, 0) is 30.5 Å². The van der Waals surface area contributed by atoms with Gasteiger partial charge in [-0.2, -0.15) is 0 Å². The molecule has 1 fully saturated rings. The monoisotopic (exact) mass is 279 g/mol. The summed E-state index contributed by atoms with van der Waals surface area (Å²) in [5.74, 6) is 0.611. The molecule has 2 rings (SSSR count). The smallest absolute Gasteiger partial charge is 0.173 e. The van der Waals surface area contributed by atoms with E-state index in [1.165, 1.54) is 12.8 Å². The molecule has 1 aromatic rings. The van der Waals surface area contributed by atoms with Crippen molar-refractivity contribution >= 4 is 5.84 Å². The molecule has 0 saturated heterocycles. The van der Waals surface area contributed by atoms with E-state index < -0.39 is 0 Å². The molecule has 0 atom stereocenters.